The Labute approximate surface area is 196 Å². The van der Waals surface area contributed by atoms with Gasteiger partial charge in [0.25, 0.3) is 5.91 Å². The van der Waals surface area contributed by atoms with Crippen LogP contribution >= 0.6 is 0 Å². The lowest BCUT2D eigenvalue weighted by Gasteiger charge is -2.35. The Morgan fingerprint density at radius 3 is 2.30 bits per heavy atom. The molecule has 3 rings (SSSR count). The molecule has 1 N–H and O–H groups in total. The third-order valence-corrected chi connectivity index (χ3v) is 6.78. The molecule has 0 bridgehead atoms. The molecule has 7 nitrogen and oxygen atoms in total. The van der Waals surface area contributed by atoms with Gasteiger partial charge in [-0.15, -0.1) is 0 Å². The van der Waals surface area contributed by atoms with Crippen LogP contribution in [0.3, 0.4) is 0 Å². The molecule has 1 aliphatic heterocycles. The third kappa shape index (κ3) is 7.05. The van der Waals surface area contributed by atoms with Gasteiger partial charge in [0.05, 0.1) is 22.8 Å². The molecule has 178 valence electrons. The molecule has 2 atom stereocenters. The molecule has 1 aliphatic rings. The summed E-state index contributed by atoms with van der Waals surface area (Å²) in [5.74, 6) is 1.23. The Morgan fingerprint density at radius 1 is 1.03 bits per heavy atom. The molecule has 0 radical (unpaired) electrons. The van der Waals surface area contributed by atoms with E-state index in [1.165, 1.54) is 12.1 Å². The van der Waals surface area contributed by atoms with E-state index in [9.17, 15) is 18.0 Å². The lowest BCUT2D eigenvalue weighted by atomic mass is 9.91. The van der Waals surface area contributed by atoms with Gasteiger partial charge in [-0.25, -0.2) is 8.42 Å². The van der Waals surface area contributed by atoms with Crippen LogP contribution in [0.4, 0.5) is 5.69 Å². The van der Waals surface area contributed by atoms with Crippen LogP contribution in [0, 0.1) is 11.8 Å². The zero-order valence-electron chi connectivity index (χ0n) is 19.4. The number of likely N-dealkylation sites (tertiary alicyclic amines) is 1. The van der Waals surface area contributed by atoms with E-state index in [-0.39, 0.29) is 23.1 Å². The summed E-state index contributed by atoms with van der Waals surface area (Å²) < 4.78 is 28.6. The predicted octanol–water partition coefficient (Wildman–Crippen LogP) is 4.01. The zero-order chi connectivity index (χ0) is 24.0. The van der Waals surface area contributed by atoms with Crippen molar-refractivity contribution in [1.82, 2.24) is 4.90 Å². The van der Waals surface area contributed by atoms with Crippen LogP contribution in [-0.4, -0.2) is 51.1 Å². The molecule has 2 aromatic carbocycles. The summed E-state index contributed by atoms with van der Waals surface area (Å²) in [6, 6.07) is 13.3. The fourth-order valence-corrected chi connectivity index (χ4v) is 4.83. The number of hydrogen-bond donors (Lipinski definition) is 1. The summed E-state index contributed by atoms with van der Waals surface area (Å²) in [5, 5.41) is 2.87. The molecule has 0 aromatic heterocycles. The lowest BCUT2D eigenvalue weighted by molar-refractivity contribution is -0.116. The maximum atomic E-state index is 13.1. The van der Waals surface area contributed by atoms with Crippen molar-refractivity contribution in [2.24, 2.45) is 11.8 Å². The highest BCUT2D eigenvalue weighted by molar-refractivity contribution is 7.90. The number of nitrogens with one attached hydrogen (secondary N) is 1. The Balaban J connectivity index is 1.51. The Hall–Kier alpha value is -2.87. The first-order chi connectivity index (χ1) is 15.6. The van der Waals surface area contributed by atoms with Gasteiger partial charge in [-0.2, -0.15) is 0 Å². The SMILES string of the molecule is CC1CC(C)CN(C(=O)c2ccccc2NC(=O)CCCOc2ccc(S(C)(=O)=O)cc2)C1. The number of para-hydroxylation sites is 1. The van der Waals surface area contributed by atoms with Crippen molar-refractivity contribution in [3.63, 3.8) is 0 Å². The lowest BCUT2D eigenvalue weighted by Crippen LogP contribution is -2.42. The second kappa shape index (κ2) is 10.8. The number of benzene rings is 2. The number of nitrogens with zero attached hydrogens (tertiary/aromatic N) is 1. The summed E-state index contributed by atoms with van der Waals surface area (Å²) in [6.45, 7) is 6.09. The van der Waals surface area contributed by atoms with Gasteiger partial charge in [0.15, 0.2) is 9.84 Å². The number of piperidine rings is 1. The summed E-state index contributed by atoms with van der Waals surface area (Å²) in [5.41, 5.74) is 1.03. The van der Waals surface area contributed by atoms with Crippen LogP contribution < -0.4 is 10.1 Å². The largest absolute Gasteiger partial charge is 0.494 e. The average molecular weight is 473 g/mol. The van der Waals surface area contributed by atoms with Crippen molar-refractivity contribution in [3.05, 3.63) is 54.1 Å². The number of carbonyl (C=O) groups is 2. The van der Waals surface area contributed by atoms with Crippen LogP contribution in [-0.2, 0) is 14.6 Å². The topological polar surface area (TPSA) is 92.8 Å². The summed E-state index contributed by atoms with van der Waals surface area (Å²) in [4.78, 5) is 27.7. The Bertz CT molecular complexity index is 1070. The number of ether oxygens (including phenoxy) is 1. The average Bonchev–Trinajstić information content (AvgIpc) is 2.76. The van der Waals surface area contributed by atoms with E-state index in [0.29, 0.717) is 41.9 Å². The number of anilines is 1. The number of amides is 2. The second-order valence-electron chi connectivity index (χ2n) is 8.95. The van der Waals surface area contributed by atoms with Crippen LogP contribution in [0.25, 0.3) is 0 Å². The fourth-order valence-electron chi connectivity index (χ4n) is 4.20. The van der Waals surface area contributed by atoms with E-state index in [2.05, 4.69) is 19.2 Å². The molecule has 0 spiro atoms. The van der Waals surface area contributed by atoms with Gasteiger partial charge < -0.3 is 15.0 Å². The van der Waals surface area contributed by atoms with E-state index in [1.54, 1.807) is 30.3 Å². The third-order valence-electron chi connectivity index (χ3n) is 5.66. The summed E-state index contributed by atoms with van der Waals surface area (Å²) >= 11 is 0. The molecule has 2 unspecified atom stereocenters. The van der Waals surface area contributed by atoms with Crippen LogP contribution in [0.15, 0.2) is 53.4 Å². The first kappa shape index (κ1) is 24.8. The molecule has 2 aromatic rings. The van der Waals surface area contributed by atoms with Crippen LogP contribution in [0.5, 0.6) is 5.75 Å². The van der Waals surface area contributed by atoms with Crippen molar-refractivity contribution in [1.29, 1.82) is 0 Å². The molecule has 2 amide bonds. The van der Waals surface area contributed by atoms with E-state index in [4.69, 9.17) is 4.74 Å². The highest BCUT2D eigenvalue weighted by atomic mass is 32.2. The Morgan fingerprint density at radius 2 is 1.67 bits per heavy atom. The van der Waals surface area contributed by atoms with Crippen molar-refractivity contribution >= 4 is 27.3 Å². The highest BCUT2D eigenvalue weighted by Crippen LogP contribution is 2.25. The van der Waals surface area contributed by atoms with E-state index >= 15 is 0 Å². The van der Waals surface area contributed by atoms with E-state index in [0.717, 1.165) is 25.8 Å². The zero-order valence-corrected chi connectivity index (χ0v) is 20.2. The van der Waals surface area contributed by atoms with E-state index < -0.39 is 9.84 Å². The van der Waals surface area contributed by atoms with Crippen molar-refractivity contribution < 1.29 is 22.7 Å². The summed E-state index contributed by atoms with van der Waals surface area (Å²) in [6.07, 6.45) is 2.99. The quantitative estimate of drug-likeness (QED) is 0.586. The minimum absolute atomic E-state index is 0.0508. The molecule has 0 aliphatic carbocycles. The standard InChI is InChI=1S/C25H32N2O5S/c1-18-15-19(2)17-27(16-18)25(29)22-7-4-5-8-23(22)26-24(28)9-6-14-32-20-10-12-21(13-11-20)33(3,30)31/h4-5,7-8,10-13,18-19H,6,9,14-17H2,1-3H3,(H,26,28). The Kier molecular flexibility index (Phi) is 8.13. The van der Waals surface area contributed by atoms with Gasteiger partial charge in [-0.1, -0.05) is 26.0 Å². The van der Waals surface area contributed by atoms with E-state index in [1.807, 2.05) is 11.0 Å². The van der Waals surface area contributed by atoms with Gasteiger partial charge in [-0.3, -0.25) is 9.59 Å². The highest BCUT2D eigenvalue weighted by Gasteiger charge is 2.27. The first-order valence-electron chi connectivity index (χ1n) is 11.2. The van der Waals surface area contributed by atoms with Crippen molar-refractivity contribution in [2.45, 2.75) is 38.0 Å². The molecule has 33 heavy (non-hydrogen) atoms. The predicted molar refractivity (Wildman–Crippen MR) is 128 cm³/mol. The second-order valence-corrected chi connectivity index (χ2v) is 11.0. The minimum atomic E-state index is -3.24. The monoisotopic (exact) mass is 472 g/mol. The van der Waals surface area contributed by atoms with Gasteiger partial charge in [0, 0.05) is 25.8 Å². The number of carbonyl (C=O) groups excluding carboxylic acids is 2. The van der Waals surface area contributed by atoms with Gasteiger partial charge in [0.1, 0.15) is 5.75 Å². The normalized spacial score (nSPS) is 18.6. The first-order valence-corrected chi connectivity index (χ1v) is 13.1. The maximum Gasteiger partial charge on any atom is 0.255 e. The smallest absolute Gasteiger partial charge is 0.255 e. The molecular weight excluding hydrogens is 440 g/mol. The van der Waals surface area contributed by atoms with Crippen molar-refractivity contribution in [3.8, 4) is 5.75 Å². The summed E-state index contributed by atoms with van der Waals surface area (Å²) in [7, 11) is -3.24. The van der Waals surface area contributed by atoms with Crippen molar-refractivity contribution in [2.75, 3.05) is 31.3 Å². The van der Waals surface area contributed by atoms with Crippen LogP contribution in [0.2, 0.25) is 0 Å². The number of rotatable bonds is 8. The molecule has 0 saturated carbocycles. The van der Waals surface area contributed by atoms with Gasteiger partial charge >= 0.3 is 0 Å². The molecule has 8 heteroatoms. The van der Waals surface area contributed by atoms with Gasteiger partial charge in [0.2, 0.25) is 5.91 Å². The number of hydrogen-bond acceptors (Lipinski definition) is 5. The molecule has 1 saturated heterocycles. The number of sulfone groups is 1. The molecule has 1 fully saturated rings. The maximum absolute atomic E-state index is 13.1. The minimum Gasteiger partial charge on any atom is -0.494 e. The fraction of sp³-hybridized carbons (Fsp3) is 0.440. The van der Waals surface area contributed by atoms with Gasteiger partial charge in [-0.05, 0) is 61.1 Å². The van der Waals surface area contributed by atoms with Crippen LogP contribution in [0.1, 0.15) is 43.5 Å². The molecule has 1 heterocycles. The molecular formula is C25H32N2O5S.